The van der Waals surface area contributed by atoms with Gasteiger partial charge < -0.3 is 14.5 Å². The van der Waals surface area contributed by atoms with E-state index < -0.39 is 0 Å². The monoisotopic (exact) mass is 217 g/mol. The van der Waals surface area contributed by atoms with Gasteiger partial charge in [0.05, 0.1) is 12.8 Å². The Balaban J connectivity index is 1.94. The summed E-state index contributed by atoms with van der Waals surface area (Å²) < 4.78 is 7.32. The molecule has 16 heavy (non-hydrogen) atoms. The molecule has 0 radical (unpaired) electrons. The Labute approximate surface area is 94.3 Å². The molecule has 0 amide bonds. The number of methoxy groups -OCH3 is 1. The first kappa shape index (κ1) is 9.66. The number of ether oxygens (including phenoxy) is 1. The van der Waals surface area contributed by atoms with E-state index in [0.29, 0.717) is 0 Å². The lowest BCUT2D eigenvalue weighted by Gasteiger charge is -2.25. The van der Waals surface area contributed by atoms with Crippen molar-refractivity contribution in [2.75, 3.05) is 20.2 Å². The van der Waals surface area contributed by atoms with Gasteiger partial charge >= 0.3 is 0 Å². The van der Waals surface area contributed by atoms with Crippen molar-refractivity contribution in [1.29, 1.82) is 0 Å². The predicted molar refractivity (Wildman–Crippen MR) is 61.8 cm³/mol. The average molecular weight is 217 g/mol. The maximum absolute atomic E-state index is 5.29. The van der Waals surface area contributed by atoms with Gasteiger partial charge in [-0.15, -0.1) is 0 Å². The quantitative estimate of drug-likeness (QED) is 0.837. The zero-order valence-electron chi connectivity index (χ0n) is 9.31. The van der Waals surface area contributed by atoms with Gasteiger partial charge in [-0.1, -0.05) is 0 Å². The minimum Gasteiger partial charge on any atom is -0.493 e. The van der Waals surface area contributed by atoms with Crippen LogP contribution in [-0.4, -0.2) is 29.6 Å². The highest BCUT2D eigenvalue weighted by molar-refractivity contribution is 5.54. The summed E-state index contributed by atoms with van der Waals surface area (Å²) in [5, 5.41) is 3.28. The molecule has 84 valence electrons. The maximum atomic E-state index is 5.29. The highest BCUT2D eigenvalue weighted by Crippen LogP contribution is 2.20. The Morgan fingerprint density at radius 1 is 1.56 bits per heavy atom. The Hall–Kier alpha value is -1.55. The molecule has 3 heterocycles. The fourth-order valence-electron chi connectivity index (χ4n) is 2.08. The first-order chi connectivity index (χ1) is 7.86. The lowest BCUT2D eigenvalue weighted by Crippen LogP contribution is -2.43. The fraction of sp³-hybridized carbons (Fsp3) is 0.417. The van der Waals surface area contributed by atoms with Crippen LogP contribution in [0.3, 0.4) is 0 Å². The Morgan fingerprint density at radius 2 is 2.44 bits per heavy atom. The first-order valence-electron chi connectivity index (χ1n) is 5.58. The molecule has 4 nitrogen and oxygen atoms in total. The van der Waals surface area contributed by atoms with Crippen LogP contribution in [0.5, 0.6) is 5.75 Å². The minimum atomic E-state index is 0.746. The second-order valence-corrected chi connectivity index (χ2v) is 4.27. The van der Waals surface area contributed by atoms with Crippen molar-refractivity contribution in [1.82, 2.24) is 14.7 Å². The molecule has 0 bridgehead atoms. The molecule has 1 aliphatic rings. The van der Waals surface area contributed by atoms with Crippen LogP contribution in [-0.2, 0) is 6.42 Å². The summed E-state index contributed by atoms with van der Waals surface area (Å²) >= 11 is 0. The smallest absolute Gasteiger partial charge is 0.179 e. The zero-order chi connectivity index (χ0) is 11.0. The third-order valence-corrected chi connectivity index (χ3v) is 3.08. The van der Waals surface area contributed by atoms with Gasteiger partial charge in [0.2, 0.25) is 0 Å². The van der Waals surface area contributed by atoms with E-state index in [2.05, 4.69) is 16.5 Å². The summed E-state index contributed by atoms with van der Waals surface area (Å²) in [5.41, 5.74) is 2.06. The van der Waals surface area contributed by atoms with E-state index in [1.165, 1.54) is 0 Å². The SMILES string of the molecule is COc1cccn2cc(CC3CNC3)nc12. The van der Waals surface area contributed by atoms with Gasteiger partial charge in [-0.05, 0) is 37.6 Å². The van der Waals surface area contributed by atoms with E-state index in [-0.39, 0.29) is 0 Å². The van der Waals surface area contributed by atoms with Crippen molar-refractivity contribution in [2.24, 2.45) is 5.92 Å². The number of pyridine rings is 1. The van der Waals surface area contributed by atoms with E-state index in [9.17, 15) is 0 Å². The van der Waals surface area contributed by atoms with E-state index in [4.69, 9.17) is 4.74 Å². The molecule has 0 unspecified atom stereocenters. The van der Waals surface area contributed by atoms with Crippen LogP contribution in [0.1, 0.15) is 5.69 Å². The molecule has 1 N–H and O–H groups in total. The van der Waals surface area contributed by atoms with E-state index in [0.717, 1.165) is 42.5 Å². The molecule has 3 rings (SSSR count). The van der Waals surface area contributed by atoms with Crippen molar-refractivity contribution in [2.45, 2.75) is 6.42 Å². The van der Waals surface area contributed by atoms with Crippen molar-refractivity contribution in [3.05, 3.63) is 30.2 Å². The number of fused-ring (bicyclic) bond motifs is 1. The topological polar surface area (TPSA) is 38.6 Å². The Kier molecular flexibility index (Phi) is 2.29. The second kappa shape index (κ2) is 3.79. The summed E-state index contributed by atoms with van der Waals surface area (Å²) in [6, 6.07) is 3.92. The third-order valence-electron chi connectivity index (χ3n) is 3.08. The van der Waals surface area contributed by atoms with Crippen LogP contribution in [0.15, 0.2) is 24.5 Å². The van der Waals surface area contributed by atoms with Crippen LogP contribution in [0.4, 0.5) is 0 Å². The van der Waals surface area contributed by atoms with Crippen LogP contribution < -0.4 is 10.1 Å². The molecule has 4 heteroatoms. The molecule has 0 saturated carbocycles. The number of aromatic nitrogens is 2. The molecule has 0 aromatic carbocycles. The second-order valence-electron chi connectivity index (χ2n) is 4.27. The molecule has 1 fully saturated rings. The number of hydrogen-bond acceptors (Lipinski definition) is 3. The number of rotatable bonds is 3. The number of nitrogens with one attached hydrogen (secondary N) is 1. The molecule has 1 aliphatic heterocycles. The maximum Gasteiger partial charge on any atom is 0.179 e. The molecular weight excluding hydrogens is 202 g/mol. The number of imidazole rings is 1. The molecule has 2 aromatic rings. The predicted octanol–water partition coefficient (Wildman–Crippen LogP) is 1.10. The lowest BCUT2D eigenvalue weighted by atomic mass is 9.98. The number of nitrogens with zero attached hydrogens (tertiary/aromatic N) is 2. The number of hydrogen-bond donors (Lipinski definition) is 1. The van der Waals surface area contributed by atoms with Crippen LogP contribution in [0, 0.1) is 5.92 Å². The summed E-state index contributed by atoms with van der Waals surface area (Å²) in [5.74, 6) is 1.58. The summed E-state index contributed by atoms with van der Waals surface area (Å²) in [4.78, 5) is 4.62. The van der Waals surface area contributed by atoms with E-state index in [1.54, 1.807) is 7.11 Å². The zero-order valence-corrected chi connectivity index (χ0v) is 9.31. The molecule has 0 aliphatic carbocycles. The average Bonchev–Trinajstić information content (AvgIpc) is 2.65. The normalized spacial score (nSPS) is 16.3. The van der Waals surface area contributed by atoms with Gasteiger partial charge in [-0.3, -0.25) is 0 Å². The molecule has 1 saturated heterocycles. The Morgan fingerprint density at radius 3 is 3.12 bits per heavy atom. The molecular formula is C12H15N3O. The van der Waals surface area contributed by atoms with Gasteiger partial charge in [-0.2, -0.15) is 0 Å². The fourth-order valence-corrected chi connectivity index (χ4v) is 2.08. The Bertz CT molecular complexity index is 502. The summed E-state index contributed by atoms with van der Waals surface area (Å²) in [7, 11) is 1.68. The van der Waals surface area contributed by atoms with Gasteiger partial charge in [0.25, 0.3) is 0 Å². The molecule has 2 aromatic heterocycles. The standard InChI is InChI=1S/C12H15N3O/c1-16-11-3-2-4-15-8-10(14-12(11)15)5-9-6-13-7-9/h2-4,8-9,13H,5-7H2,1H3. The summed E-state index contributed by atoms with van der Waals surface area (Å²) in [6.45, 7) is 2.23. The largest absolute Gasteiger partial charge is 0.493 e. The van der Waals surface area contributed by atoms with Gasteiger partial charge in [0.15, 0.2) is 11.4 Å². The van der Waals surface area contributed by atoms with Crippen molar-refractivity contribution in [3.63, 3.8) is 0 Å². The van der Waals surface area contributed by atoms with Gasteiger partial charge in [0, 0.05) is 12.4 Å². The van der Waals surface area contributed by atoms with Crippen LogP contribution in [0.25, 0.3) is 5.65 Å². The van der Waals surface area contributed by atoms with Gasteiger partial charge in [0.1, 0.15) is 0 Å². The van der Waals surface area contributed by atoms with Gasteiger partial charge in [-0.25, -0.2) is 4.98 Å². The van der Waals surface area contributed by atoms with E-state index >= 15 is 0 Å². The highest BCUT2D eigenvalue weighted by atomic mass is 16.5. The lowest BCUT2D eigenvalue weighted by molar-refractivity contribution is 0.344. The molecule has 0 spiro atoms. The van der Waals surface area contributed by atoms with Crippen LogP contribution >= 0.6 is 0 Å². The van der Waals surface area contributed by atoms with Crippen molar-refractivity contribution >= 4 is 5.65 Å². The summed E-state index contributed by atoms with van der Waals surface area (Å²) in [6.07, 6.45) is 5.15. The van der Waals surface area contributed by atoms with E-state index in [1.807, 2.05) is 22.7 Å². The highest BCUT2D eigenvalue weighted by Gasteiger charge is 2.18. The van der Waals surface area contributed by atoms with Crippen molar-refractivity contribution in [3.8, 4) is 5.75 Å². The third kappa shape index (κ3) is 1.55. The van der Waals surface area contributed by atoms with Crippen molar-refractivity contribution < 1.29 is 4.74 Å². The van der Waals surface area contributed by atoms with Crippen LogP contribution in [0.2, 0.25) is 0 Å². The first-order valence-corrected chi connectivity index (χ1v) is 5.58. The molecule has 0 atom stereocenters. The minimum absolute atomic E-state index is 0.746.